The SMILES string of the molecule is C=C1CC2CC3(CCN(C4CC5CCC5(C)C4)CC3)c3ccccc3C2C1. The summed E-state index contributed by atoms with van der Waals surface area (Å²) in [6, 6.07) is 10.4. The summed E-state index contributed by atoms with van der Waals surface area (Å²) in [4.78, 5) is 2.90. The van der Waals surface area contributed by atoms with Crippen molar-refractivity contribution >= 4 is 0 Å². The molecular weight excluding hydrogens is 326 g/mol. The maximum atomic E-state index is 4.37. The van der Waals surface area contributed by atoms with Crippen LogP contribution in [0, 0.1) is 17.3 Å². The van der Waals surface area contributed by atoms with Crippen LogP contribution in [0.25, 0.3) is 0 Å². The minimum Gasteiger partial charge on any atom is -0.300 e. The second-order valence-corrected chi connectivity index (χ2v) is 11.1. The van der Waals surface area contributed by atoms with Crippen molar-refractivity contribution in [1.29, 1.82) is 0 Å². The maximum Gasteiger partial charge on any atom is 0.0103 e. The third-order valence-electron chi connectivity index (χ3n) is 9.79. The Morgan fingerprint density at radius 3 is 2.56 bits per heavy atom. The molecule has 0 radical (unpaired) electrons. The van der Waals surface area contributed by atoms with Gasteiger partial charge >= 0.3 is 0 Å². The summed E-state index contributed by atoms with van der Waals surface area (Å²) in [6.07, 6.45) is 12.7. The van der Waals surface area contributed by atoms with E-state index in [1.54, 1.807) is 11.1 Å². The average molecular weight is 362 g/mol. The minimum atomic E-state index is 0.459. The van der Waals surface area contributed by atoms with E-state index in [1.165, 1.54) is 76.5 Å². The van der Waals surface area contributed by atoms with E-state index in [2.05, 4.69) is 42.7 Å². The van der Waals surface area contributed by atoms with Gasteiger partial charge < -0.3 is 4.90 Å². The number of hydrogen-bond acceptors (Lipinski definition) is 1. The summed E-state index contributed by atoms with van der Waals surface area (Å²) in [7, 11) is 0. The van der Waals surface area contributed by atoms with Crippen molar-refractivity contribution in [3.63, 3.8) is 0 Å². The predicted octanol–water partition coefficient (Wildman–Crippen LogP) is 6.05. The molecule has 4 fully saturated rings. The van der Waals surface area contributed by atoms with Crippen molar-refractivity contribution in [3.8, 4) is 0 Å². The number of rotatable bonds is 1. The van der Waals surface area contributed by atoms with Gasteiger partial charge in [0.05, 0.1) is 0 Å². The Morgan fingerprint density at radius 1 is 1.04 bits per heavy atom. The van der Waals surface area contributed by atoms with E-state index in [9.17, 15) is 0 Å². The molecule has 4 aliphatic carbocycles. The molecule has 5 atom stereocenters. The lowest BCUT2D eigenvalue weighted by Gasteiger charge is -2.50. The second-order valence-electron chi connectivity index (χ2n) is 11.1. The van der Waals surface area contributed by atoms with Crippen LogP contribution in [0.1, 0.15) is 81.8 Å². The lowest BCUT2D eigenvalue weighted by atomic mass is 9.59. The van der Waals surface area contributed by atoms with Gasteiger partial charge in [0.1, 0.15) is 0 Å². The number of piperidine rings is 1. The molecule has 27 heavy (non-hydrogen) atoms. The number of benzene rings is 1. The van der Waals surface area contributed by atoms with Crippen LogP contribution in [0.2, 0.25) is 0 Å². The van der Waals surface area contributed by atoms with Crippen LogP contribution in [0.3, 0.4) is 0 Å². The van der Waals surface area contributed by atoms with Crippen molar-refractivity contribution in [1.82, 2.24) is 4.90 Å². The number of hydrogen-bond donors (Lipinski definition) is 0. The summed E-state index contributed by atoms with van der Waals surface area (Å²) in [5.74, 6) is 2.67. The Bertz CT molecular complexity index is 770. The molecule has 0 amide bonds. The first-order chi connectivity index (χ1) is 13.1. The number of allylic oxidation sites excluding steroid dienone is 1. The molecule has 1 saturated heterocycles. The van der Waals surface area contributed by atoms with E-state index in [0.717, 1.165) is 23.8 Å². The normalized spacial score (nSPS) is 42.5. The zero-order chi connectivity index (χ0) is 18.2. The van der Waals surface area contributed by atoms with Crippen molar-refractivity contribution < 1.29 is 0 Å². The van der Waals surface area contributed by atoms with E-state index in [-0.39, 0.29) is 0 Å². The van der Waals surface area contributed by atoms with Crippen molar-refractivity contribution in [2.45, 2.75) is 82.1 Å². The highest BCUT2D eigenvalue weighted by atomic mass is 15.2. The van der Waals surface area contributed by atoms with Gasteiger partial charge in [-0.2, -0.15) is 0 Å². The van der Waals surface area contributed by atoms with Gasteiger partial charge in [-0.05, 0) is 111 Å². The monoisotopic (exact) mass is 361 g/mol. The molecule has 1 heteroatoms. The third kappa shape index (κ3) is 2.40. The molecule has 1 spiro atoms. The van der Waals surface area contributed by atoms with Crippen molar-refractivity contribution in [3.05, 3.63) is 47.5 Å². The molecule has 5 aliphatic rings. The molecule has 0 N–H and O–H groups in total. The highest BCUT2D eigenvalue weighted by molar-refractivity contribution is 5.43. The second kappa shape index (κ2) is 5.72. The van der Waals surface area contributed by atoms with Gasteiger partial charge in [-0.25, -0.2) is 0 Å². The molecule has 1 aromatic carbocycles. The topological polar surface area (TPSA) is 3.24 Å². The lowest BCUT2D eigenvalue weighted by molar-refractivity contribution is 0.0784. The fraction of sp³-hybridized carbons (Fsp3) is 0.692. The van der Waals surface area contributed by atoms with Crippen LogP contribution >= 0.6 is 0 Å². The first-order valence-electron chi connectivity index (χ1n) is 11.6. The average Bonchev–Trinajstić information content (AvgIpc) is 3.15. The molecule has 1 aromatic rings. The molecule has 1 heterocycles. The summed E-state index contributed by atoms with van der Waals surface area (Å²) in [6.45, 7) is 9.60. The Labute approximate surface area is 165 Å². The molecule has 0 bridgehead atoms. The zero-order valence-corrected chi connectivity index (χ0v) is 17.1. The van der Waals surface area contributed by atoms with Crippen LogP contribution in [-0.2, 0) is 5.41 Å². The summed E-state index contributed by atoms with van der Waals surface area (Å²) < 4.78 is 0. The predicted molar refractivity (Wildman–Crippen MR) is 112 cm³/mol. The zero-order valence-electron chi connectivity index (χ0n) is 17.1. The largest absolute Gasteiger partial charge is 0.300 e. The van der Waals surface area contributed by atoms with Crippen LogP contribution in [0.5, 0.6) is 0 Å². The summed E-state index contributed by atoms with van der Waals surface area (Å²) in [5, 5.41) is 0. The molecule has 6 rings (SSSR count). The molecule has 144 valence electrons. The molecule has 1 nitrogen and oxygen atoms in total. The Hall–Kier alpha value is -1.08. The first-order valence-corrected chi connectivity index (χ1v) is 11.6. The Morgan fingerprint density at radius 2 is 1.85 bits per heavy atom. The van der Waals surface area contributed by atoms with Crippen LogP contribution in [0.15, 0.2) is 36.4 Å². The third-order valence-corrected chi connectivity index (χ3v) is 9.79. The maximum absolute atomic E-state index is 4.37. The van der Waals surface area contributed by atoms with Crippen molar-refractivity contribution in [2.75, 3.05) is 13.1 Å². The number of fused-ring (bicyclic) bond motifs is 5. The number of nitrogens with zero attached hydrogens (tertiary/aromatic N) is 1. The van der Waals surface area contributed by atoms with E-state index in [1.807, 2.05) is 0 Å². The Balaban J connectivity index is 1.25. The first kappa shape index (κ1) is 16.8. The minimum absolute atomic E-state index is 0.459. The molecule has 3 saturated carbocycles. The fourth-order valence-electron chi connectivity index (χ4n) is 8.10. The smallest absolute Gasteiger partial charge is 0.0103 e. The van der Waals surface area contributed by atoms with Gasteiger partial charge in [0, 0.05) is 6.04 Å². The highest BCUT2D eigenvalue weighted by Gasteiger charge is 2.53. The van der Waals surface area contributed by atoms with Gasteiger partial charge in [-0.3, -0.25) is 0 Å². The van der Waals surface area contributed by atoms with Crippen LogP contribution in [-0.4, -0.2) is 24.0 Å². The van der Waals surface area contributed by atoms with Gasteiger partial charge in [0.15, 0.2) is 0 Å². The van der Waals surface area contributed by atoms with Crippen molar-refractivity contribution in [2.24, 2.45) is 17.3 Å². The van der Waals surface area contributed by atoms with Crippen LogP contribution in [0.4, 0.5) is 0 Å². The van der Waals surface area contributed by atoms with Gasteiger partial charge in [0.25, 0.3) is 0 Å². The van der Waals surface area contributed by atoms with E-state index in [0.29, 0.717) is 10.8 Å². The summed E-state index contributed by atoms with van der Waals surface area (Å²) >= 11 is 0. The quantitative estimate of drug-likeness (QED) is 0.550. The van der Waals surface area contributed by atoms with Gasteiger partial charge in [-0.1, -0.05) is 43.3 Å². The standard InChI is InChI=1S/C26H35N/c1-18-13-19-16-26(24-6-4-3-5-22(24)23(19)14-18)9-11-27(12-10-26)21-15-20-7-8-25(20,2)17-21/h3-6,19-21,23H,1,7-17H2,2H3. The van der Waals surface area contributed by atoms with E-state index in [4.69, 9.17) is 0 Å². The van der Waals surface area contributed by atoms with Gasteiger partial charge in [-0.15, -0.1) is 0 Å². The lowest BCUT2D eigenvalue weighted by Crippen LogP contribution is -2.49. The molecule has 5 unspecified atom stereocenters. The molecule has 0 aromatic heterocycles. The Kier molecular flexibility index (Phi) is 3.57. The summed E-state index contributed by atoms with van der Waals surface area (Å²) in [5.41, 5.74) is 6.07. The molecular formula is C26H35N. The van der Waals surface area contributed by atoms with E-state index >= 15 is 0 Å². The van der Waals surface area contributed by atoms with Crippen LogP contribution < -0.4 is 0 Å². The fourth-order valence-corrected chi connectivity index (χ4v) is 8.10. The number of likely N-dealkylation sites (tertiary alicyclic amines) is 1. The van der Waals surface area contributed by atoms with Gasteiger partial charge in [0.2, 0.25) is 0 Å². The highest BCUT2D eigenvalue weighted by Crippen LogP contribution is 2.60. The molecule has 1 aliphatic heterocycles. The van der Waals surface area contributed by atoms with E-state index < -0.39 is 0 Å².